The van der Waals surface area contributed by atoms with E-state index in [1.54, 1.807) is 0 Å². The van der Waals surface area contributed by atoms with Crippen molar-refractivity contribution in [3.63, 3.8) is 0 Å². The van der Waals surface area contributed by atoms with Gasteiger partial charge in [-0.25, -0.2) is 0 Å². The second-order valence-electron chi connectivity index (χ2n) is 7.52. The Labute approximate surface area is 177 Å². The molecule has 0 aromatic heterocycles. The van der Waals surface area contributed by atoms with Crippen molar-refractivity contribution in [2.75, 3.05) is 11.9 Å². The zero-order chi connectivity index (χ0) is 20.3. The van der Waals surface area contributed by atoms with E-state index in [4.69, 9.17) is 0 Å². The molecule has 0 saturated carbocycles. The molecule has 0 heterocycles. The monoisotopic (exact) mass is 385 g/mol. The van der Waals surface area contributed by atoms with Gasteiger partial charge in [-0.3, -0.25) is 0 Å². The number of anilines is 2. The van der Waals surface area contributed by atoms with Gasteiger partial charge in [-0.2, -0.15) is 0 Å². The highest BCUT2D eigenvalue weighted by Gasteiger charge is 2.15. The number of hydrogen-bond donors (Lipinski definition) is 0. The van der Waals surface area contributed by atoms with Crippen LogP contribution in [0.4, 0.5) is 11.4 Å². The maximum Gasteiger partial charge on any atom is 0.0567 e. The Hall–Kier alpha value is -3.84. The predicted octanol–water partition coefficient (Wildman–Crippen LogP) is 7.94. The molecule has 0 radical (unpaired) electrons. The molecule has 5 aromatic rings. The van der Waals surface area contributed by atoms with Crippen molar-refractivity contribution in [1.82, 2.24) is 0 Å². The van der Waals surface area contributed by atoms with Crippen LogP contribution >= 0.6 is 0 Å². The molecule has 1 nitrogen and oxygen atoms in total. The number of benzene rings is 5. The van der Waals surface area contributed by atoms with Crippen LogP contribution in [0.5, 0.6) is 0 Å². The first-order valence-electron chi connectivity index (χ1n) is 10.3. The van der Waals surface area contributed by atoms with Gasteiger partial charge < -0.3 is 4.90 Å². The molecule has 0 bridgehead atoms. The maximum atomic E-state index is 2.32. The third-order valence-electron chi connectivity index (χ3n) is 5.66. The van der Waals surface area contributed by atoms with Crippen molar-refractivity contribution in [2.24, 2.45) is 0 Å². The van der Waals surface area contributed by atoms with Gasteiger partial charge in [0.1, 0.15) is 0 Å². The third-order valence-corrected chi connectivity index (χ3v) is 5.66. The summed E-state index contributed by atoms with van der Waals surface area (Å²) in [7, 11) is 2.16. The number of hydrogen-bond acceptors (Lipinski definition) is 1. The summed E-state index contributed by atoms with van der Waals surface area (Å²) in [5.74, 6) is 0. The van der Waals surface area contributed by atoms with Crippen LogP contribution in [-0.4, -0.2) is 7.05 Å². The summed E-state index contributed by atoms with van der Waals surface area (Å²) in [6.07, 6.45) is 0. The smallest absolute Gasteiger partial charge is 0.0567 e. The van der Waals surface area contributed by atoms with Crippen LogP contribution in [0.2, 0.25) is 0 Å². The molecular formula is C29H23N. The van der Waals surface area contributed by atoms with Gasteiger partial charge in [-0.15, -0.1) is 0 Å². The van der Waals surface area contributed by atoms with E-state index in [0.717, 1.165) is 0 Å². The molecule has 0 fully saturated rings. The molecule has 0 N–H and O–H groups in total. The van der Waals surface area contributed by atoms with Crippen LogP contribution in [0.25, 0.3) is 33.0 Å². The van der Waals surface area contributed by atoms with Crippen LogP contribution in [-0.2, 0) is 0 Å². The number of rotatable bonds is 4. The molecule has 0 aliphatic heterocycles. The first-order chi connectivity index (χ1) is 14.8. The van der Waals surface area contributed by atoms with Gasteiger partial charge in [0.05, 0.1) is 5.69 Å². The summed E-state index contributed by atoms with van der Waals surface area (Å²) in [5.41, 5.74) is 7.32. The average molecular weight is 386 g/mol. The molecule has 5 aromatic carbocycles. The molecule has 0 unspecified atom stereocenters. The zero-order valence-corrected chi connectivity index (χ0v) is 17.0. The normalized spacial score (nSPS) is 10.8. The van der Waals surface area contributed by atoms with Crippen LogP contribution in [0.1, 0.15) is 0 Å². The fourth-order valence-corrected chi connectivity index (χ4v) is 4.12. The summed E-state index contributed by atoms with van der Waals surface area (Å²) in [5, 5.41) is 2.50. The van der Waals surface area contributed by atoms with Gasteiger partial charge in [-0.05, 0) is 34.2 Å². The second kappa shape index (κ2) is 7.88. The first-order valence-corrected chi connectivity index (χ1v) is 10.3. The Morgan fingerprint density at radius 1 is 0.500 bits per heavy atom. The van der Waals surface area contributed by atoms with E-state index in [0.29, 0.717) is 0 Å². The molecule has 0 amide bonds. The van der Waals surface area contributed by atoms with Crippen molar-refractivity contribution >= 4 is 22.1 Å². The van der Waals surface area contributed by atoms with Gasteiger partial charge >= 0.3 is 0 Å². The predicted molar refractivity (Wildman–Crippen MR) is 129 cm³/mol. The molecule has 5 rings (SSSR count). The minimum Gasteiger partial charge on any atom is -0.344 e. The van der Waals surface area contributed by atoms with E-state index in [9.17, 15) is 0 Å². The molecule has 144 valence electrons. The van der Waals surface area contributed by atoms with Crippen molar-refractivity contribution < 1.29 is 0 Å². The highest BCUT2D eigenvalue weighted by atomic mass is 15.1. The fraction of sp³-hybridized carbons (Fsp3) is 0.0345. The van der Waals surface area contributed by atoms with Crippen LogP contribution < -0.4 is 4.90 Å². The fourth-order valence-electron chi connectivity index (χ4n) is 4.12. The standard InChI is InChI=1S/C29H23N/c1-30(26-17-10-16-25(21-26)22-11-4-2-5-12-22)29-27-18-9-8-15-24(27)19-20-28(29)23-13-6-3-7-14-23/h2-21H,1H3. The molecule has 0 aliphatic carbocycles. The van der Waals surface area contributed by atoms with Crippen molar-refractivity contribution in [3.05, 3.63) is 121 Å². The van der Waals surface area contributed by atoms with Crippen molar-refractivity contribution in [1.29, 1.82) is 0 Å². The van der Waals surface area contributed by atoms with E-state index >= 15 is 0 Å². The van der Waals surface area contributed by atoms with E-state index in [2.05, 4.69) is 133 Å². The Balaban J connectivity index is 1.69. The highest BCUT2D eigenvalue weighted by Crippen LogP contribution is 2.40. The lowest BCUT2D eigenvalue weighted by molar-refractivity contribution is 1.22. The van der Waals surface area contributed by atoms with Crippen LogP contribution in [0.15, 0.2) is 121 Å². The summed E-state index contributed by atoms with van der Waals surface area (Å²) >= 11 is 0. The Kier molecular flexibility index (Phi) is 4.78. The van der Waals surface area contributed by atoms with Crippen LogP contribution in [0.3, 0.4) is 0 Å². The SMILES string of the molecule is CN(c1cccc(-c2ccccc2)c1)c1c(-c2ccccc2)ccc2ccccc12. The van der Waals surface area contributed by atoms with Crippen molar-refractivity contribution in [2.45, 2.75) is 0 Å². The third kappa shape index (κ3) is 3.35. The maximum absolute atomic E-state index is 2.32. The topological polar surface area (TPSA) is 3.24 Å². The molecule has 0 atom stereocenters. The Bertz CT molecular complexity index is 1290. The van der Waals surface area contributed by atoms with Gasteiger partial charge in [0, 0.05) is 23.7 Å². The lowest BCUT2D eigenvalue weighted by Crippen LogP contribution is -2.11. The summed E-state index contributed by atoms with van der Waals surface area (Å²) in [6.45, 7) is 0. The lowest BCUT2D eigenvalue weighted by Gasteiger charge is -2.25. The van der Waals surface area contributed by atoms with Gasteiger partial charge in [0.2, 0.25) is 0 Å². The van der Waals surface area contributed by atoms with E-state index in [-0.39, 0.29) is 0 Å². The van der Waals surface area contributed by atoms with Crippen LogP contribution in [0, 0.1) is 0 Å². The van der Waals surface area contributed by atoms with E-state index in [1.165, 1.54) is 44.4 Å². The molecular weight excluding hydrogens is 362 g/mol. The summed E-state index contributed by atoms with van der Waals surface area (Å²) in [4.78, 5) is 2.32. The largest absolute Gasteiger partial charge is 0.344 e. The molecule has 0 aliphatic rings. The lowest BCUT2D eigenvalue weighted by atomic mass is 9.97. The Morgan fingerprint density at radius 3 is 1.90 bits per heavy atom. The second-order valence-corrected chi connectivity index (χ2v) is 7.52. The number of fused-ring (bicyclic) bond motifs is 1. The summed E-state index contributed by atoms with van der Waals surface area (Å²) in [6, 6.07) is 43.0. The minimum atomic E-state index is 1.17. The molecule has 0 saturated heterocycles. The molecule has 1 heteroatoms. The van der Waals surface area contributed by atoms with Gasteiger partial charge in [0.25, 0.3) is 0 Å². The quantitative estimate of drug-likeness (QED) is 0.303. The first kappa shape index (κ1) is 18.2. The minimum absolute atomic E-state index is 1.17. The van der Waals surface area contributed by atoms with Gasteiger partial charge in [0.15, 0.2) is 0 Å². The number of nitrogens with zero attached hydrogens (tertiary/aromatic N) is 1. The highest BCUT2D eigenvalue weighted by molar-refractivity contribution is 6.03. The van der Waals surface area contributed by atoms with Gasteiger partial charge in [-0.1, -0.05) is 109 Å². The summed E-state index contributed by atoms with van der Waals surface area (Å²) < 4.78 is 0. The average Bonchev–Trinajstić information content (AvgIpc) is 2.84. The van der Waals surface area contributed by atoms with E-state index < -0.39 is 0 Å². The molecule has 30 heavy (non-hydrogen) atoms. The Morgan fingerprint density at radius 2 is 1.13 bits per heavy atom. The van der Waals surface area contributed by atoms with Crippen molar-refractivity contribution in [3.8, 4) is 22.3 Å². The van der Waals surface area contributed by atoms with E-state index in [1.807, 2.05) is 0 Å². The molecule has 0 spiro atoms. The zero-order valence-electron chi connectivity index (χ0n) is 17.0.